The van der Waals surface area contributed by atoms with Crippen molar-refractivity contribution in [3.05, 3.63) is 21.5 Å². The molecule has 2 aromatic rings. The fourth-order valence-electron chi connectivity index (χ4n) is 4.26. The van der Waals surface area contributed by atoms with E-state index < -0.39 is 21.7 Å². The minimum atomic E-state index is -1.18. The first-order valence-corrected chi connectivity index (χ1v) is 21.6. The van der Waals surface area contributed by atoms with Crippen molar-refractivity contribution in [2.45, 2.75) is 88.6 Å². The van der Waals surface area contributed by atoms with E-state index in [0.717, 1.165) is 58.9 Å². The summed E-state index contributed by atoms with van der Waals surface area (Å²) in [4.78, 5) is 7.11. The van der Waals surface area contributed by atoms with Crippen LogP contribution in [0.15, 0.2) is 12.3 Å². The summed E-state index contributed by atoms with van der Waals surface area (Å²) in [6.07, 6.45) is 4.59. The van der Waals surface area contributed by atoms with Crippen molar-refractivity contribution in [2.75, 3.05) is 38.2 Å². The Hall–Kier alpha value is -0.576. The lowest BCUT2D eigenvalue weighted by Crippen LogP contribution is -2.37. The molecular formula is C25H45IN4O4Si2. The Balaban J connectivity index is 1.85. The molecule has 1 aliphatic carbocycles. The summed E-state index contributed by atoms with van der Waals surface area (Å²) < 4.78 is 15.2. The zero-order valence-corrected chi connectivity index (χ0v) is 27.0. The number of ether oxygens (including phenoxy) is 2. The van der Waals surface area contributed by atoms with Gasteiger partial charge in [-0.1, -0.05) is 39.3 Å². The smallest absolute Gasteiger partial charge is 0.171 e. The van der Waals surface area contributed by atoms with Crippen molar-refractivity contribution < 1.29 is 19.7 Å². The van der Waals surface area contributed by atoms with Gasteiger partial charge in [-0.15, -0.1) is 0 Å². The Bertz CT molecular complexity index is 963. The van der Waals surface area contributed by atoms with Crippen molar-refractivity contribution in [2.24, 2.45) is 0 Å². The highest BCUT2D eigenvalue weighted by molar-refractivity contribution is 14.1. The van der Waals surface area contributed by atoms with Gasteiger partial charge in [0.05, 0.1) is 22.0 Å². The first-order valence-electron chi connectivity index (χ1n) is 13.1. The average Bonchev–Trinajstić information content (AvgIpc) is 3.17. The highest BCUT2D eigenvalue weighted by atomic mass is 127. The molecule has 2 aromatic heterocycles. The largest absolute Gasteiger partial charge is 0.393 e. The number of anilines is 1. The Kier molecular flexibility index (Phi) is 10.4. The Morgan fingerprint density at radius 3 is 2.11 bits per heavy atom. The molecule has 0 aliphatic heterocycles. The standard InChI is InChI=1S/C25H45IN4O4Si2/c1-35(2,3)13-11-33-18-29(19-34-12-14-36(4,5)6)23-15-22(28-24-21(26)16-27-30(23)24)20-7-9-25(32,17-31)10-8-20/h15-16,20,31-32H,7-14,17-19H2,1-6H3. The molecule has 0 radical (unpaired) electrons. The van der Waals surface area contributed by atoms with Gasteiger partial charge in [-0.2, -0.15) is 9.61 Å². The molecule has 0 atom stereocenters. The molecule has 1 aliphatic rings. The van der Waals surface area contributed by atoms with Gasteiger partial charge in [0.25, 0.3) is 0 Å². The third-order valence-electron chi connectivity index (χ3n) is 6.87. The molecule has 0 spiro atoms. The lowest BCUT2D eigenvalue weighted by molar-refractivity contribution is -0.0458. The fourth-order valence-corrected chi connectivity index (χ4v) is 6.24. The van der Waals surface area contributed by atoms with E-state index in [1.54, 1.807) is 0 Å². The summed E-state index contributed by atoms with van der Waals surface area (Å²) >= 11 is 2.29. The molecule has 204 valence electrons. The zero-order valence-electron chi connectivity index (χ0n) is 22.9. The number of hydrogen-bond donors (Lipinski definition) is 2. The second-order valence-corrected chi connectivity index (χ2v) is 25.1. The minimum Gasteiger partial charge on any atom is -0.393 e. The maximum atomic E-state index is 10.5. The predicted molar refractivity (Wildman–Crippen MR) is 159 cm³/mol. The lowest BCUT2D eigenvalue weighted by Gasteiger charge is -2.34. The molecule has 0 bridgehead atoms. The normalized spacial score (nSPS) is 21.3. The van der Waals surface area contributed by atoms with Crippen molar-refractivity contribution in [3.8, 4) is 0 Å². The number of rotatable bonds is 13. The molecule has 36 heavy (non-hydrogen) atoms. The Morgan fingerprint density at radius 2 is 1.61 bits per heavy atom. The van der Waals surface area contributed by atoms with Crippen LogP contribution in [0.25, 0.3) is 5.65 Å². The van der Waals surface area contributed by atoms with Gasteiger partial charge in [-0.25, -0.2) is 4.98 Å². The molecular weight excluding hydrogens is 603 g/mol. The van der Waals surface area contributed by atoms with E-state index in [-0.39, 0.29) is 12.5 Å². The first kappa shape index (κ1) is 30.0. The van der Waals surface area contributed by atoms with Crippen LogP contribution in [0.5, 0.6) is 0 Å². The van der Waals surface area contributed by atoms with Gasteiger partial charge in [-0.3, -0.25) is 0 Å². The molecule has 8 nitrogen and oxygen atoms in total. The summed E-state index contributed by atoms with van der Waals surface area (Å²) in [6, 6.07) is 4.35. The molecule has 1 fully saturated rings. The number of aliphatic hydroxyl groups excluding tert-OH is 1. The van der Waals surface area contributed by atoms with Crippen LogP contribution in [-0.2, 0) is 9.47 Å². The van der Waals surface area contributed by atoms with Crippen LogP contribution in [0.2, 0.25) is 51.4 Å². The summed E-state index contributed by atoms with van der Waals surface area (Å²) in [6.45, 7) is 16.3. The molecule has 3 rings (SSSR count). The van der Waals surface area contributed by atoms with Crippen LogP contribution < -0.4 is 4.90 Å². The number of aromatic nitrogens is 3. The van der Waals surface area contributed by atoms with Gasteiger partial charge in [0.2, 0.25) is 0 Å². The second-order valence-electron chi connectivity index (χ2n) is 12.7. The maximum Gasteiger partial charge on any atom is 0.171 e. The number of halogens is 1. The van der Waals surface area contributed by atoms with Gasteiger partial charge < -0.3 is 24.6 Å². The van der Waals surface area contributed by atoms with E-state index in [9.17, 15) is 10.2 Å². The SMILES string of the molecule is C[Si](C)(C)CCOCN(COCC[Si](C)(C)C)c1cc(C2CCC(O)(CO)CC2)nc2c(I)cnn12. The van der Waals surface area contributed by atoms with Crippen molar-refractivity contribution in [3.63, 3.8) is 0 Å². The van der Waals surface area contributed by atoms with E-state index in [0.29, 0.717) is 26.3 Å². The van der Waals surface area contributed by atoms with Gasteiger partial charge in [0.15, 0.2) is 5.65 Å². The summed E-state index contributed by atoms with van der Waals surface area (Å²) in [5.41, 5.74) is 0.875. The van der Waals surface area contributed by atoms with Crippen molar-refractivity contribution in [1.82, 2.24) is 14.6 Å². The molecule has 2 N–H and O–H groups in total. The Labute approximate surface area is 231 Å². The highest BCUT2D eigenvalue weighted by Gasteiger charge is 2.34. The number of aliphatic hydroxyl groups is 2. The molecule has 0 amide bonds. The quantitative estimate of drug-likeness (QED) is 0.135. The van der Waals surface area contributed by atoms with Crippen molar-refractivity contribution in [1.29, 1.82) is 0 Å². The minimum absolute atomic E-state index is 0.185. The third kappa shape index (κ3) is 8.74. The van der Waals surface area contributed by atoms with Crippen LogP contribution in [-0.4, -0.2) is 79.8 Å². The van der Waals surface area contributed by atoms with Gasteiger partial charge in [0.1, 0.15) is 19.3 Å². The molecule has 1 saturated carbocycles. The number of nitrogens with zero attached hydrogens (tertiary/aromatic N) is 4. The maximum absolute atomic E-state index is 10.5. The third-order valence-corrected chi connectivity index (χ3v) is 11.0. The Morgan fingerprint density at radius 1 is 1.06 bits per heavy atom. The van der Waals surface area contributed by atoms with Crippen LogP contribution in [0.3, 0.4) is 0 Å². The zero-order chi connectivity index (χ0) is 26.6. The molecule has 11 heteroatoms. The predicted octanol–water partition coefficient (Wildman–Crippen LogP) is 5.15. The molecule has 0 aromatic carbocycles. The number of fused-ring (bicyclic) bond motifs is 1. The van der Waals surface area contributed by atoms with Crippen LogP contribution in [0.4, 0.5) is 5.82 Å². The van der Waals surface area contributed by atoms with Gasteiger partial charge in [0, 0.05) is 47.0 Å². The second kappa shape index (κ2) is 12.5. The topological polar surface area (TPSA) is 92.4 Å². The average molecular weight is 649 g/mol. The molecule has 0 saturated heterocycles. The van der Waals surface area contributed by atoms with Gasteiger partial charge in [-0.05, 0) is 60.4 Å². The van der Waals surface area contributed by atoms with Crippen LogP contribution in [0.1, 0.15) is 37.3 Å². The van der Waals surface area contributed by atoms with E-state index in [1.165, 1.54) is 0 Å². The molecule has 0 unspecified atom stereocenters. The summed E-state index contributed by atoms with van der Waals surface area (Å²) in [5, 5.41) is 24.7. The van der Waals surface area contributed by atoms with Crippen molar-refractivity contribution >= 4 is 50.2 Å². The van der Waals surface area contributed by atoms with Gasteiger partial charge >= 0.3 is 0 Å². The van der Waals surface area contributed by atoms with E-state index in [4.69, 9.17) is 14.5 Å². The number of hydrogen-bond acceptors (Lipinski definition) is 7. The highest BCUT2D eigenvalue weighted by Crippen LogP contribution is 2.38. The summed E-state index contributed by atoms with van der Waals surface area (Å²) in [5.74, 6) is 1.15. The lowest BCUT2D eigenvalue weighted by atomic mass is 9.78. The molecule has 2 heterocycles. The summed E-state index contributed by atoms with van der Waals surface area (Å²) in [7, 11) is -2.37. The van der Waals surface area contributed by atoms with Crippen LogP contribution in [0, 0.1) is 3.57 Å². The van der Waals surface area contributed by atoms with E-state index in [1.807, 2.05) is 10.7 Å². The van der Waals surface area contributed by atoms with E-state index in [2.05, 4.69) is 77.9 Å². The fraction of sp³-hybridized carbons (Fsp3) is 0.760. The van der Waals surface area contributed by atoms with Crippen LogP contribution >= 0.6 is 22.6 Å². The monoisotopic (exact) mass is 648 g/mol. The first-order chi connectivity index (χ1) is 16.8. The van der Waals surface area contributed by atoms with E-state index >= 15 is 0 Å².